The average Bonchev–Trinajstić information content (AvgIpc) is 2.92. The fraction of sp³-hybridized carbons (Fsp3) is 1.00. The van der Waals surface area contributed by atoms with Crippen molar-refractivity contribution in [3.63, 3.8) is 0 Å². The van der Waals surface area contributed by atoms with E-state index in [1.165, 1.54) is 84.2 Å². The second-order valence-electron chi connectivity index (χ2n) is 7.20. The molecule has 0 amide bonds. The molecule has 0 aromatic heterocycles. The lowest BCUT2D eigenvalue weighted by molar-refractivity contribution is 0.0402. The largest absolute Gasteiger partial charge is 0.314 e. The molecular formula is C17H33N3. The van der Waals surface area contributed by atoms with Crippen molar-refractivity contribution in [3.05, 3.63) is 0 Å². The predicted molar refractivity (Wildman–Crippen MR) is 85.1 cm³/mol. The second kappa shape index (κ2) is 7.24. The highest BCUT2D eigenvalue weighted by Gasteiger charge is 2.33. The third kappa shape index (κ3) is 3.55. The number of rotatable bonds is 5. The molecule has 2 saturated heterocycles. The van der Waals surface area contributed by atoms with Gasteiger partial charge in [0.05, 0.1) is 0 Å². The highest BCUT2D eigenvalue weighted by atomic mass is 15.3. The van der Waals surface area contributed by atoms with Gasteiger partial charge in [0.1, 0.15) is 0 Å². The van der Waals surface area contributed by atoms with Crippen LogP contribution in [0.1, 0.15) is 51.9 Å². The van der Waals surface area contributed by atoms with E-state index in [2.05, 4.69) is 22.0 Å². The smallest absolute Gasteiger partial charge is 0.0223 e. The van der Waals surface area contributed by atoms with Gasteiger partial charge in [-0.15, -0.1) is 0 Å². The summed E-state index contributed by atoms with van der Waals surface area (Å²) in [5.41, 5.74) is 0. The monoisotopic (exact) mass is 279 g/mol. The summed E-state index contributed by atoms with van der Waals surface area (Å²) < 4.78 is 0. The maximum Gasteiger partial charge on any atom is 0.0223 e. The maximum atomic E-state index is 3.79. The van der Waals surface area contributed by atoms with E-state index >= 15 is 0 Å². The zero-order valence-corrected chi connectivity index (χ0v) is 13.3. The topological polar surface area (TPSA) is 18.5 Å². The first-order valence-electron chi connectivity index (χ1n) is 9.06. The van der Waals surface area contributed by atoms with Crippen LogP contribution in [0.2, 0.25) is 0 Å². The van der Waals surface area contributed by atoms with E-state index in [1.807, 2.05) is 0 Å². The molecule has 1 N–H and O–H groups in total. The van der Waals surface area contributed by atoms with Crippen LogP contribution in [0.4, 0.5) is 0 Å². The van der Waals surface area contributed by atoms with Crippen LogP contribution in [0.3, 0.4) is 0 Å². The van der Waals surface area contributed by atoms with Gasteiger partial charge in [0.25, 0.3) is 0 Å². The molecule has 1 aliphatic carbocycles. The number of fused-ring (bicyclic) bond motifs is 1. The summed E-state index contributed by atoms with van der Waals surface area (Å²) in [4.78, 5) is 5.53. The quantitative estimate of drug-likeness (QED) is 0.833. The van der Waals surface area contributed by atoms with Crippen LogP contribution in [-0.4, -0.2) is 61.2 Å². The lowest BCUT2D eigenvalue weighted by atomic mass is 9.97. The molecular weight excluding hydrogens is 246 g/mol. The number of nitrogens with zero attached hydrogens (tertiary/aromatic N) is 2. The first-order chi connectivity index (χ1) is 9.86. The van der Waals surface area contributed by atoms with Crippen LogP contribution in [0.5, 0.6) is 0 Å². The molecule has 2 aliphatic heterocycles. The third-order valence-corrected chi connectivity index (χ3v) is 5.73. The van der Waals surface area contributed by atoms with Crippen LogP contribution in [0, 0.1) is 5.92 Å². The lowest BCUT2D eigenvalue weighted by Gasteiger charge is -2.45. The Hall–Kier alpha value is -0.120. The second-order valence-corrected chi connectivity index (χ2v) is 7.20. The van der Waals surface area contributed by atoms with Gasteiger partial charge in [0, 0.05) is 38.3 Å². The number of piperazine rings is 1. The molecule has 3 heteroatoms. The predicted octanol–water partition coefficient (Wildman–Crippen LogP) is 2.32. The van der Waals surface area contributed by atoms with Crippen molar-refractivity contribution < 1.29 is 0 Å². The van der Waals surface area contributed by atoms with Crippen LogP contribution >= 0.6 is 0 Å². The Kier molecular flexibility index (Phi) is 5.36. The van der Waals surface area contributed by atoms with E-state index in [0.29, 0.717) is 0 Å². The number of piperidine rings is 1. The van der Waals surface area contributed by atoms with Crippen molar-refractivity contribution in [2.24, 2.45) is 5.92 Å². The molecule has 1 saturated carbocycles. The number of hydrogen-bond acceptors (Lipinski definition) is 3. The normalized spacial score (nSPS) is 36.1. The van der Waals surface area contributed by atoms with E-state index in [9.17, 15) is 0 Å². The molecule has 3 aliphatic rings. The molecule has 3 nitrogen and oxygen atoms in total. The van der Waals surface area contributed by atoms with E-state index in [-0.39, 0.29) is 0 Å². The number of nitrogens with one attached hydrogen (secondary N) is 1. The van der Waals surface area contributed by atoms with Crippen molar-refractivity contribution in [1.82, 2.24) is 15.1 Å². The van der Waals surface area contributed by atoms with Crippen molar-refractivity contribution in [2.75, 3.05) is 39.3 Å². The lowest BCUT2D eigenvalue weighted by Crippen LogP contribution is -2.56. The molecule has 0 aromatic rings. The van der Waals surface area contributed by atoms with Crippen molar-refractivity contribution in [2.45, 2.75) is 64.0 Å². The number of hydrogen-bond donors (Lipinski definition) is 1. The summed E-state index contributed by atoms with van der Waals surface area (Å²) in [6.45, 7) is 10.2. The molecule has 0 aromatic carbocycles. The van der Waals surface area contributed by atoms with Crippen LogP contribution in [0.15, 0.2) is 0 Å². The first kappa shape index (κ1) is 14.8. The molecule has 3 atom stereocenters. The summed E-state index contributed by atoms with van der Waals surface area (Å²) in [7, 11) is 0. The van der Waals surface area contributed by atoms with Gasteiger partial charge in [-0.1, -0.05) is 19.8 Å². The average molecular weight is 279 g/mol. The van der Waals surface area contributed by atoms with Crippen molar-refractivity contribution in [3.8, 4) is 0 Å². The molecule has 3 fully saturated rings. The summed E-state index contributed by atoms with van der Waals surface area (Å²) in [5, 5.41) is 3.79. The molecule has 0 radical (unpaired) electrons. The molecule has 3 rings (SSSR count). The molecule has 2 heterocycles. The molecule has 116 valence electrons. The first-order valence-corrected chi connectivity index (χ1v) is 9.06. The standard InChI is InChI=1S/C17H33N3/c1-2-9-18-17-8-5-6-15(17)13-19-11-12-20-10-4-3-7-16(20)14-19/h15-18H,2-14H2,1H3. The summed E-state index contributed by atoms with van der Waals surface area (Å²) >= 11 is 0. The minimum absolute atomic E-state index is 0.805. The highest BCUT2D eigenvalue weighted by Crippen LogP contribution is 2.28. The Morgan fingerprint density at radius 2 is 1.95 bits per heavy atom. The van der Waals surface area contributed by atoms with Gasteiger partial charge in [-0.3, -0.25) is 4.90 Å². The summed E-state index contributed by atoms with van der Waals surface area (Å²) in [5.74, 6) is 0.914. The highest BCUT2D eigenvalue weighted by molar-refractivity contribution is 4.89. The zero-order valence-electron chi connectivity index (χ0n) is 13.3. The van der Waals surface area contributed by atoms with Gasteiger partial charge in [-0.25, -0.2) is 0 Å². The Morgan fingerprint density at radius 1 is 1.00 bits per heavy atom. The van der Waals surface area contributed by atoms with Crippen molar-refractivity contribution in [1.29, 1.82) is 0 Å². The Morgan fingerprint density at radius 3 is 2.85 bits per heavy atom. The third-order valence-electron chi connectivity index (χ3n) is 5.73. The zero-order chi connectivity index (χ0) is 13.8. The van der Waals surface area contributed by atoms with Gasteiger partial charge in [0.2, 0.25) is 0 Å². The summed E-state index contributed by atoms with van der Waals surface area (Å²) in [6, 6.07) is 1.68. The van der Waals surface area contributed by atoms with Gasteiger partial charge in [-0.2, -0.15) is 0 Å². The fourth-order valence-corrected chi connectivity index (χ4v) is 4.57. The summed E-state index contributed by atoms with van der Waals surface area (Å²) in [6.07, 6.45) is 9.90. The van der Waals surface area contributed by atoms with Gasteiger partial charge >= 0.3 is 0 Å². The van der Waals surface area contributed by atoms with Crippen molar-refractivity contribution >= 4 is 0 Å². The van der Waals surface area contributed by atoms with Gasteiger partial charge < -0.3 is 10.2 Å². The Labute approximate surface area is 125 Å². The van der Waals surface area contributed by atoms with E-state index in [4.69, 9.17) is 0 Å². The Bertz CT molecular complexity index is 294. The SMILES string of the molecule is CCCNC1CCCC1CN1CCN2CCCCC2C1. The minimum atomic E-state index is 0.805. The fourth-order valence-electron chi connectivity index (χ4n) is 4.57. The molecule has 0 bridgehead atoms. The van der Waals surface area contributed by atoms with E-state index in [1.54, 1.807) is 0 Å². The van der Waals surface area contributed by atoms with Crippen LogP contribution in [-0.2, 0) is 0 Å². The molecule has 20 heavy (non-hydrogen) atoms. The van der Waals surface area contributed by atoms with Crippen LogP contribution < -0.4 is 5.32 Å². The maximum absolute atomic E-state index is 3.79. The van der Waals surface area contributed by atoms with Gasteiger partial charge in [-0.05, 0) is 51.1 Å². The van der Waals surface area contributed by atoms with Gasteiger partial charge in [0.15, 0.2) is 0 Å². The van der Waals surface area contributed by atoms with E-state index in [0.717, 1.165) is 18.0 Å². The Balaban J connectivity index is 1.47. The molecule has 0 spiro atoms. The molecule has 3 unspecified atom stereocenters. The van der Waals surface area contributed by atoms with E-state index < -0.39 is 0 Å². The van der Waals surface area contributed by atoms with Crippen LogP contribution in [0.25, 0.3) is 0 Å². The minimum Gasteiger partial charge on any atom is -0.314 e.